The van der Waals surface area contributed by atoms with Crippen LogP contribution >= 0.6 is 0 Å². The van der Waals surface area contributed by atoms with Crippen molar-refractivity contribution >= 4 is 0 Å². The molecule has 0 spiro atoms. The largest absolute Gasteiger partial charge is 0.392 e. The number of fused-ring (bicyclic) bond motifs is 1. The third kappa shape index (κ3) is 2.19. The maximum atomic E-state index is 11.1. The molecule has 0 amide bonds. The zero-order valence-corrected chi connectivity index (χ0v) is 12.5. The standard InChI is InChI=1S/C18H27NO/c1-13-6-8-15(9-7-13)17(20)18(12-19)11-10-14-4-2-3-5-16(14)18/h2-5,13,15,17,20H,6-12,19H2,1H3. The van der Waals surface area contributed by atoms with Gasteiger partial charge in [0, 0.05) is 12.0 Å². The Hall–Kier alpha value is -0.860. The van der Waals surface area contributed by atoms with E-state index in [1.54, 1.807) is 0 Å². The van der Waals surface area contributed by atoms with Crippen molar-refractivity contribution in [2.24, 2.45) is 17.6 Å². The van der Waals surface area contributed by atoms with Crippen molar-refractivity contribution in [3.05, 3.63) is 35.4 Å². The normalized spacial score (nSPS) is 34.8. The van der Waals surface area contributed by atoms with Crippen LogP contribution in [-0.2, 0) is 11.8 Å². The zero-order chi connectivity index (χ0) is 14.2. The van der Waals surface area contributed by atoms with Gasteiger partial charge in [-0.1, -0.05) is 44.0 Å². The van der Waals surface area contributed by atoms with Gasteiger partial charge >= 0.3 is 0 Å². The van der Waals surface area contributed by atoms with Gasteiger partial charge in [-0.05, 0) is 48.6 Å². The first kappa shape index (κ1) is 14.1. The molecule has 0 aromatic heterocycles. The molecule has 20 heavy (non-hydrogen) atoms. The summed E-state index contributed by atoms with van der Waals surface area (Å²) < 4.78 is 0. The number of benzene rings is 1. The second kappa shape index (κ2) is 5.50. The molecule has 3 rings (SSSR count). The molecule has 0 aliphatic heterocycles. The predicted octanol–water partition coefficient (Wildman–Crippen LogP) is 3.02. The van der Waals surface area contributed by atoms with E-state index >= 15 is 0 Å². The highest BCUT2D eigenvalue weighted by Gasteiger charge is 2.46. The third-order valence-corrected chi connectivity index (χ3v) is 5.83. The van der Waals surface area contributed by atoms with Crippen LogP contribution in [0.2, 0.25) is 0 Å². The summed E-state index contributed by atoms with van der Waals surface area (Å²) in [5, 5.41) is 11.1. The summed E-state index contributed by atoms with van der Waals surface area (Å²) in [4.78, 5) is 0. The predicted molar refractivity (Wildman–Crippen MR) is 82.6 cm³/mol. The average Bonchev–Trinajstić information content (AvgIpc) is 2.87. The van der Waals surface area contributed by atoms with E-state index in [2.05, 4.69) is 31.2 Å². The lowest BCUT2D eigenvalue weighted by molar-refractivity contribution is 0.0105. The van der Waals surface area contributed by atoms with Crippen LogP contribution in [0.3, 0.4) is 0 Å². The van der Waals surface area contributed by atoms with Crippen LogP contribution in [-0.4, -0.2) is 17.8 Å². The minimum absolute atomic E-state index is 0.193. The van der Waals surface area contributed by atoms with Crippen molar-refractivity contribution in [3.63, 3.8) is 0 Å². The second-order valence-electron chi connectivity index (χ2n) is 6.98. The molecular weight excluding hydrogens is 246 g/mol. The second-order valence-corrected chi connectivity index (χ2v) is 6.98. The van der Waals surface area contributed by atoms with E-state index in [0.717, 1.165) is 31.6 Å². The summed E-state index contributed by atoms with van der Waals surface area (Å²) in [5.41, 5.74) is 8.67. The van der Waals surface area contributed by atoms with Gasteiger partial charge in [0.1, 0.15) is 0 Å². The van der Waals surface area contributed by atoms with Gasteiger partial charge in [0.2, 0.25) is 0 Å². The topological polar surface area (TPSA) is 46.2 Å². The Morgan fingerprint density at radius 3 is 2.65 bits per heavy atom. The summed E-state index contributed by atoms with van der Waals surface area (Å²) in [6.07, 6.45) is 6.62. The SMILES string of the molecule is CC1CCC(C(O)C2(CN)CCc3ccccc32)CC1. The molecule has 2 unspecified atom stereocenters. The Bertz CT molecular complexity index is 464. The molecule has 2 heteroatoms. The minimum atomic E-state index is -0.274. The molecule has 1 aromatic carbocycles. The number of nitrogens with two attached hydrogens (primary N) is 1. The molecule has 2 nitrogen and oxygen atoms in total. The molecule has 0 saturated heterocycles. The summed E-state index contributed by atoms with van der Waals surface area (Å²) in [5.74, 6) is 1.25. The number of rotatable bonds is 3. The van der Waals surface area contributed by atoms with Crippen LogP contribution in [0.1, 0.15) is 50.2 Å². The van der Waals surface area contributed by atoms with Crippen LogP contribution in [0.15, 0.2) is 24.3 Å². The average molecular weight is 273 g/mol. The molecule has 2 atom stereocenters. The first-order chi connectivity index (χ1) is 9.67. The first-order valence-electron chi connectivity index (χ1n) is 8.14. The summed E-state index contributed by atoms with van der Waals surface area (Å²) in [7, 11) is 0. The van der Waals surface area contributed by atoms with E-state index in [-0.39, 0.29) is 11.5 Å². The fourth-order valence-corrected chi connectivity index (χ4v) is 4.41. The van der Waals surface area contributed by atoms with Gasteiger partial charge in [-0.25, -0.2) is 0 Å². The maximum Gasteiger partial charge on any atom is 0.0677 e. The first-order valence-corrected chi connectivity index (χ1v) is 8.14. The molecule has 0 radical (unpaired) electrons. The Balaban J connectivity index is 1.87. The van der Waals surface area contributed by atoms with Crippen molar-refractivity contribution in [3.8, 4) is 0 Å². The minimum Gasteiger partial charge on any atom is -0.392 e. The van der Waals surface area contributed by atoms with E-state index in [1.165, 1.54) is 24.0 Å². The van der Waals surface area contributed by atoms with Gasteiger partial charge in [0.05, 0.1) is 6.10 Å². The van der Waals surface area contributed by atoms with Gasteiger partial charge in [-0.3, -0.25) is 0 Å². The Labute approximate surface area is 122 Å². The van der Waals surface area contributed by atoms with Crippen LogP contribution in [0.4, 0.5) is 0 Å². The van der Waals surface area contributed by atoms with Crippen molar-refractivity contribution < 1.29 is 5.11 Å². The van der Waals surface area contributed by atoms with Gasteiger partial charge in [-0.2, -0.15) is 0 Å². The molecule has 110 valence electrons. The quantitative estimate of drug-likeness (QED) is 0.889. The summed E-state index contributed by atoms with van der Waals surface area (Å²) in [6.45, 7) is 2.89. The summed E-state index contributed by atoms with van der Waals surface area (Å²) in [6, 6.07) is 8.57. The molecule has 1 aromatic rings. The molecule has 2 aliphatic rings. The van der Waals surface area contributed by atoms with Crippen molar-refractivity contribution in [1.82, 2.24) is 0 Å². The van der Waals surface area contributed by atoms with Crippen molar-refractivity contribution in [2.45, 2.75) is 57.0 Å². The van der Waals surface area contributed by atoms with Crippen LogP contribution in [0, 0.1) is 11.8 Å². The van der Waals surface area contributed by atoms with Gasteiger partial charge in [0.15, 0.2) is 0 Å². The van der Waals surface area contributed by atoms with E-state index in [9.17, 15) is 5.11 Å². The lowest BCUT2D eigenvalue weighted by atomic mass is 9.67. The van der Waals surface area contributed by atoms with Gasteiger partial charge in [0.25, 0.3) is 0 Å². The molecule has 1 fully saturated rings. The van der Waals surface area contributed by atoms with E-state index in [0.29, 0.717) is 12.5 Å². The summed E-state index contributed by atoms with van der Waals surface area (Å²) >= 11 is 0. The molecule has 3 N–H and O–H groups in total. The van der Waals surface area contributed by atoms with E-state index in [1.807, 2.05) is 0 Å². The van der Waals surface area contributed by atoms with E-state index in [4.69, 9.17) is 5.73 Å². The highest BCUT2D eigenvalue weighted by molar-refractivity contribution is 5.41. The van der Waals surface area contributed by atoms with Gasteiger partial charge < -0.3 is 10.8 Å². The fraction of sp³-hybridized carbons (Fsp3) is 0.667. The van der Waals surface area contributed by atoms with Gasteiger partial charge in [-0.15, -0.1) is 0 Å². The van der Waals surface area contributed by atoms with E-state index < -0.39 is 0 Å². The lowest BCUT2D eigenvalue weighted by Gasteiger charge is -2.41. The van der Waals surface area contributed by atoms with Crippen molar-refractivity contribution in [2.75, 3.05) is 6.54 Å². The highest BCUT2D eigenvalue weighted by Crippen LogP contribution is 2.45. The fourth-order valence-electron chi connectivity index (χ4n) is 4.41. The molecule has 0 heterocycles. The Kier molecular flexibility index (Phi) is 3.87. The molecule has 0 bridgehead atoms. The lowest BCUT2D eigenvalue weighted by Crippen LogP contribution is -2.48. The Morgan fingerprint density at radius 2 is 1.95 bits per heavy atom. The third-order valence-electron chi connectivity index (χ3n) is 5.83. The number of aliphatic hydroxyl groups excluding tert-OH is 1. The zero-order valence-electron chi connectivity index (χ0n) is 12.5. The number of hydrogen-bond acceptors (Lipinski definition) is 2. The monoisotopic (exact) mass is 273 g/mol. The number of aliphatic hydroxyl groups is 1. The van der Waals surface area contributed by atoms with Crippen LogP contribution in [0.25, 0.3) is 0 Å². The number of aryl methyl sites for hydroxylation is 1. The van der Waals surface area contributed by atoms with Crippen LogP contribution < -0.4 is 5.73 Å². The molecule has 1 saturated carbocycles. The maximum absolute atomic E-state index is 11.1. The smallest absolute Gasteiger partial charge is 0.0677 e. The van der Waals surface area contributed by atoms with Crippen molar-refractivity contribution in [1.29, 1.82) is 0 Å². The number of hydrogen-bond donors (Lipinski definition) is 2. The van der Waals surface area contributed by atoms with Crippen LogP contribution in [0.5, 0.6) is 0 Å². The Morgan fingerprint density at radius 1 is 1.25 bits per heavy atom. The highest BCUT2D eigenvalue weighted by atomic mass is 16.3. The molecular formula is C18H27NO. The molecule has 2 aliphatic carbocycles.